The molecule has 0 radical (unpaired) electrons. The van der Waals surface area contributed by atoms with Gasteiger partial charge < -0.3 is 15.3 Å². The summed E-state index contributed by atoms with van der Waals surface area (Å²) in [7, 11) is 4.00. The number of nitrogens with zero attached hydrogens (tertiary/aromatic N) is 1. The van der Waals surface area contributed by atoms with E-state index in [4.69, 9.17) is 0 Å². The number of nitrogens with one attached hydrogen (secondary N) is 1. The number of likely N-dealkylation sites (N-methyl/N-ethyl adjacent to an activating group) is 1. The molecule has 0 aromatic carbocycles. The first-order chi connectivity index (χ1) is 6.98. The molecule has 0 heterocycles. The van der Waals surface area contributed by atoms with Crippen LogP contribution in [0.3, 0.4) is 0 Å². The minimum absolute atomic E-state index is 0.629. The van der Waals surface area contributed by atoms with Crippen LogP contribution in [0.25, 0.3) is 0 Å². The number of hydrogen-bond acceptors (Lipinski definition) is 3. The topological polar surface area (TPSA) is 52.6 Å². The molecule has 4 nitrogen and oxygen atoms in total. The summed E-state index contributed by atoms with van der Waals surface area (Å²) in [6.45, 7) is 5.49. The zero-order valence-electron chi connectivity index (χ0n) is 10.3. The van der Waals surface area contributed by atoms with E-state index in [0.29, 0.717) is 19.4 Å². The third-order valence-corrected chi connectivity index (χ3v) is 2.74. The largest absolute Gasteiger partial charge is 0.480 e. The average Bonchev–Trinajstić information content (AvgIpc) is 2.15. The molecule has 0 aliphatic rings. The second-order valence-electron chi connectivity index (χ2n) is 4.18. The van der Waals surface area contributed by atoms with Crippen LogP contribution >= 0.6 is 0 Å². The molecule has 15 heavy (non-hydrogen) atoms. The van der Waals surface area contributed by atoms with E-state index < -0.39 is 11.5 Å². The molecule has 0 aromatic heterocycles. The number of carboxylic acid groups (broad SMARTS) is 1. The Bertz CT molecular complexity index is 195. The lowest BCUT2D eigenvalue weighted by atomic mass is 9.90. The highest BCUT2D eigenvalue weighted by Crippen LogP contribution is 2.18. The van der Waals surface area contributed by atoms with Crippen LogP contribution in [-0.4, -0.2) is 48.7 Å². The van der Waals surface area contributed by atoms with Gasteiger partial charge in [0.15, 0.2) is 0 Å². The number of carboxylic acids is 1. The standard InChI is InChI=1S/C11H24N2O2/c1-5-11(10(14)15,12-6-2)8-7-9-13(3)4/h12H,5-9H2,1-4H3,(H,14,15). The van der Waals surface area contributed by atoms with Gasteiger partial charge in [0, 0.05) is 0 Å². The average molecular weight is 216 g/mol. The first kappa shape index (κ1) is 14.4. The molecule has 0 saturated carbocycles. The molecule has 1 atom stereocenters. The zero-order valence-corrected chi connectivity index (χ0v) is 10.3. The fraction of sp³-hybridized carbons (Fsp3) is 0.909. The van der Waals surface area contributed by atoms with Crippen molar-refractivity contribution in [3.05, 3.63) is 0 Å². The van der Waals surface area contributed by atoms with E-state index in [-0.39, 0.29) is 0 Å². The lowest BCUT2D eigenvalue weighted by Gasteiger charge is -2.29. The van der Waals surface area contributed by atoms with Crippen LogP contribution in [0, 0.1) is 0 Å². The van der Waals surface area contributed by atoms with E-state index >= 15 is 0 Å². The highest BCUT2D eigenvalue weighted by atomic mass is 16.4. The predicted octanol–water partition coefficient (Wildman–Crippen LogP) is 1.17. The second-order valence-corrected chi connectivity index (χ2v) is 4.18. The molecule has 1 unspecified atom stereocenters. The molecule has 4 heteroatoms. The van der Waals surface area contributed by atoms with Crippen molar-refractivity contribution in [2.24, 2.45) is 0 Å². The molecule has 0 aliphatic heterocycles. The van der Waals surface area contributed by atoms with Crippen LogP contribution in [0.2, 0.25) is 0 Å². The summed E-state index contributed by atoms with van der Waals surface area (Å²) in [5, 5.41) is 12.3. The second kappa shape index (κ2) is 6.80. The highest BCUT2D eigenvalue weighted by Gasteiger charge is 2.34. The van der Waals surface area contributed by atoms with Crippen molar-refractivity contribution in [3.8, 4) is 0 Å². The molecular formula is C11H24N2O2. The van der Waals surface area contributed by atoms with Gasteiger partial charge in [-0.2, -0.15) is 0 Å². The van der Waals surface area contributed by atoms with E-state index in [1.54, 1.807) is 0 Å². The maximum Gasteiger partial charge on any atom is 0.323 e. The van der Waals surface area contributed by atoms with Crippen LogP contribution in [0.1, 0.15) is 33.1 Å². The summed E-state index contributed by atoms with van der Waals surface area (Å²) >= 11 is 0. The summed E-state index contributed by atoms with van der Waals surface area (Å²) in [6.07, 6.45) is 2.22. The molecule has 0 bridgehead atoms. The summed E-state index contributed by atoms with van der Waals surface area (Å²) in [6, 6.07) is 0. The quantitative estimate of drug-likeness (QED) is 0.639. The summed E-state index contributed by atoms with van der Waals surface area (Å²) in [4.78, 5) is 13.3. The predicted molar refractivity (Wildman–Crippen MR) is 62.1 cm³/mol. The highest BCUT2D eigenvalue weighted by molar-refractivity contribution is 5.78. The van der Waals surface area contributed by atoms with Crippen LogP contribution in [-0.2, 0) is 4.79 Å². The maximum atomic E-state index is 11.2. The lowest BCUT2D eigenvalue weighted by Crippen LogP contribution is -2.51. The van der Waals surface area contributed by atoms with E-state index in [2.05, 4.69) is 10.2 Å². The van der Waals surface area contributed by atoms with Crippen molar-refractivity contribution in [3.63, 3.8) is 0 Å². The molecule has 0 amide bonds. The Balaban J connectivity index is 4.28. The Morgan fingerprint density at radius 2 is 2.00 bits per heavy atom. The number of carbonyl (C=O) groups is 1. The van der Waals surface area contributed by atoms with Gasteiger partial charge in [-0.3, -0.25) is 4.79 Å². The molecule has 2 N–H and O–H groups in total. The minimum Gasteiger partial charge on any atom is -0.480 e. The molecule has 0 saturated heterocycles. The van der Waals surface area contributed by atoms with Crippen molar-refractivity contribution < 1.29 is 9.90 Å². The van der Waals surface area contributed by atoms with Gasteiger partial charge in [0.2, 0.25) is 0 Å². The molecule has 0 aromatic rings. The number of aliphatic carboxylic acids is 1. The van der Waals surface area contributed by atoms with E-state index in [9.17, 15) is 9.90 Å². The molecular weight excluding hydrogens is 192 g/mol. The van der Waals surface area contributed by atoms with Crippen molar-refractivity contribution in [2.75, 3.05) is 27.2 Å². The van der Waals surface area contributed by atoms with Crippen molar-refractivity contribution in [2.45, 2.75) is 38.6 Å². The number of hydrogen-bond donors (Lipinski definition) is 2. The Labute approximate surface area is 92.7 Å². The Morgan fingerprint density at radius 3 is 2.33 bits per heavy atom. The molecule has 0 aliphatic carbocycles. The molecule has 0 rings (SSSR count). The van der Waals surface area contributed by atoms with E-state index in [1.807, 2.05) is 27.9 Å². The van der Waals surface area contributed by atoms with Gasteiger partial charge >= 0.3 is 5.97 Å². The van der Waals surface area contributed by atoms with Crippen LogP contribution in [0.15, 0.2) is 0 Å². The van der Waals surface area contributed by atoms with Crippen molar-refractivity contribution in [1.82, 2.24) is 10.2 Å². The third-order valence-electron chi connectivity index (χ3n) is 2.74. The Morgan fingerprint density at radius 1 is 1.40 bits per heavy atom. The third kappa shape index (κ3) is 4.62. The first-order valence-electron chi connectivity index (χ1n) is 5.61. The fourth-order valence-corrected chi connectivity index (χ4v) is 1.76. The van der Waals surface area contributed by atoms with Crippen LogP contribution in [0.5, 0.6) is 0 Å². The van der Waals surface area contributed by atoms with Gasteiger partial charge in [0.25, 0.3) is 0 Å². The van der Waals surface area contributed by atoms with Gasteiger partial charge in [-0.05, 0) is 46.4 Å². The molecule has 0 fully saturated rings. The number of rotatable bonds is 8. The van der Waals surface area contributed by atoms with Crippen molar-refractivity contribution in [1.29, 1.82) is 0 Å². The van der Waals surface area contributed by atoms with E-state index in [0.717, 1.165) is 13.0 Å². The van der Waals surface area contributed by atoms with E-state index in [1.165, 1.54) is 0 Å². The Kier molecular flexibility index (Phi) is 6.52. The lowest BCUT2D eigenvalue weighted by molar-refractivity contribution is -0.145. The van der Waals surface area contributed by atoms with Crippen LogP contribution in [0.4, 0.5) is 0 Å². The SMILES string of the molecule is CCNC(CC)(CCCN(C)C)C(=O)O. The summed E-state index contributed by atoms with van der Waals surface area (Å²) < 4.78 is 0. The van der Waals surface area contributed by atoms with Gasteiger partial charge in [-0.1, -0.05) is 13.8 Å². The van der Waals surface area contributed by atoms with Gasteiger partial charge in [-0.15, -0.1) is 0 Å². The normalized spacial score (nSPS) is 15.3. The molecule has 90 valence electrons. The van der Waals surface area contributed by atoms with Gasteiger partial charge in [0.1, 0.15) is 5.54 Å². The fourth-order valence-electron chi connectivity index (χ4n) is 1.76. The first-order valence-corrected chi connectivity index (χ1v) is 5.61. The van der Waals surface area contributed by atoms with Gasteiger partial charge in [-0.25, -0.2) is 0 Å². The minimum atomic E-state index is -0.731. The summed E-state index contributed by atoms with van der Waals surface area (Å²) in [5.41, 5.74) is -0.731. The van der Waals surface area contributed by atoms with Gasteiger partial charge in [0.05, 0.1) is 0 Å². The maximum absolute atomic E-state index is 11.2. The summed E-state index contributed by atoms with van der Waals surface area (Å²) in [5.74, 6) is -0.731. The van der Waals surface area contributed by atoms with Crippen LogP contribution < -0.4 is 5.32 Å². The van der Waals surface area contributed by atoms with Crippen molar-refractivity contribution >= 4 is 5.97 Å². The Hall–Kier alpha value is -0.610. The smallest absolute Gasteiger partial charge is 0.323 e. The molecule has 0 spiro atoms. The monoisotopic (exact) mass is 216 g/mol. The zero-order chi connectivity index (χ0) is 11.9.